The van der Waals surface area contributed by atoms with Crippen molar-refractivity contribution in [3.63, 3.8) is 0 Å². The third-order valence-corrected chi connectivity index (χ3v) is 7.19. The topological polar surface area (TPSA) is 79.0 Å². The van der Waals surface area contributed by atoms with Crippen LogP contribution in [0.3, 0.4) is 0 Å². The Kier molecular flexibility index (Phi) is 6.86. The van der Waals surface area contributed by atoms with E-state index in [-0.39, 0.29) is 30.4 Å². The van der Waals surface area contributed by atoms with Gasteiger partial charge in [0.15, 0.2) is 0 Å². The van der Waals surface area contributed by atoms with Gasteiger partial charge >= 0.3 is 0 Å². The molecule has 2 aliphatic heterocycles. The zero-order chi connectivity index (χ0) is 23.6. The highest BCUT2D eigenvalue weighted by Crippen LogP contribution is 2.38. The molecule has 33 heavy (non-hydrogen) atoms. The maximum Gasteiger partial charge on any atom is 0.256 e. The number of thiophene rings is 1. The number of carbonyl (C=O) groups excluding carboxylic acids is 3. The first-order chi connectivity index (χ1) is 15.8. The number of ether oxygens (including phenoxy) is 1. The van der Waals surface area contributed by atoms with Gasteiger partial charge in [-0.15, -0.1) is 11.3 Å². The second kappa shape index (κ2) is 9.65. The molecule has 1 N–H and O–H groups in total. The van der Waals surface area contributed by atoms with Gasteiger partial charge in [-0.25, -0.2) is 0 Å². The van der Waals surface area contributed by atoms with Crippen LogP contribution in [0.1, 0.15) is 47.5 Å². The van der Waals surface area contributed by atoms with E-state index in [0.717, 1.165) is 10.4 Å². The van der Waals surface area contributed by atoms with E-state index in [0.29, 0.717) is 37.9 Å². The summed E-state index contributed by atoms with van der Waals surface area (Å²) in [5, 5.41) is 4.90. The second-order valence-electron chi connectivity index (χ2n) is 9.11. The van der Waals surface area contributed by atoms with Gasteiger partial charge in [-0.1, -0.05) is 23.8 Å². The molecule has 1 aromatic heterocycles. The van der Waals surface area contributed by atoms with Crippen LogP contribution in [-0.4, -0.2) is 65.0 Å². The number of hydrogen-bond donors (Lipinski definition) is 1. The lowest BCUT2D eigenvalue weighted by atomic mass is 9.96. The first-order valence-electron chi connectivity index (χ1n) is 11.4. The molecule has 0 radical (unpaired) electrons. The van der Waals surface area contributed by atoms with E-state index in [1.807, 2.05) is 55.3 Å². The molecule has 176 valence electrons. The number of benzene rings is 1. The first kappa shape index (κ1) is 23.4. The number of nitrogens with zero attached hydrogens (tertiary/aromatic N) is 2. The fraction of sp³-hybridized carbons (Fsp3) is 0.480. The molecule has 7 nitrogen and oxygen atoms in total. The third-order valence-electron chi connectivity index (χ3n) is 6.31. The van der Waals surface area contributed by atoms with Crippen LogP contribution in [0, 0.1) is 6.92 Å². The van der Waals surface area contributed by atoms with Crippen LogP contribution in [0.4, 0.5) is 0 Å². The molecule has 1 atom stereocenters. The van der Waals surface area contributed by atoms with Crippen LogP contribution < -0.4 is 5.32 Å². The van der Waals surface area contributed by atoms with Crippen LogP contribution in [0.2, 0.25) is 0 Å². The van der Waals surface area contributed by atoms with E-state index in [1.54, 1.807) is 28.4 Å². The van der Waals surface area contributed by atoms with E-state index in [9.17, 15) is 14.4 Å². The molecular weight excluding hydrogens is 438 g/mol. The van der Waals surface area contributed by atoms with E-state index in [1.165, 1.54) is 0 Å². The Morgan fingerprint density at radius 3 is 2.45 bits per heavy atom. The Bertz CT molecular complexity index is 995. The minimum absolute atomic E-state index is 0.0397. The molecule has 1 aromatic carbocycles. The summed E-state index contributed by atoms with van der Waals surface area (Å²) in [6, 6.07) is 10.5. The van der Waals surface area contributed by atoms with Gasteiger partial charge in [0.05, 0.1) is 13.0 Å². The molecule has 2 aromatic rings. The smallest absolute Gasteiger partial charge is 0.256 e. The maximum absolute atomic E-state index is 13.6. The van der Waals surface area contributed by atoms with E-state index < -0.39 is 11.8 Å². The number of nitrogens with one attached hydrogen (secondary N) is 1. The largest absolute Gasteiger partial charge is 0.353 e. The highest BCUT2D eigenvalue weighted by Gasteiger charge is 2.54. The van der Waals surface area contributed by atoms with E-state index in [4.69, 9.17) is 4.74 Å². The number of likely N-dealkylation sites (tertiary alicyclic amines) is 1. The summed E-state index contributed by atoms with van der Waals surface area (Å²) in [6.45, 7) is 6.89. The van der Waals surface area contributed by atoms with Gasteiger partial charge in [-0.3, -0.25) is 19.3 Å². The predicted molar refractivity (Wildman–Crippen MR) is 127 cm³/mol. The molecule has 4 rings (SSSR count). The lowest BCUT2D eigenvalue weighted by Gasteiger charge is -2.44. The van der Waals surface area contributed by atoms with Gasteiger partial charge in [0.2, 0.25) is 11.8 Å². The summed E-state index contributed by atoms with van der Waals surface area (Å²) in [4.78, 5) is 43.9. The summed E-state index contributed by atoms with van der Waals surface area (Å²) >= 11 is 1.58. The summed E-state index contributed by atoms with van der Waals surface area (Å²) in [5.41, 5.74) is 0.704. The SMILES string of the molecule is Cc1ccc(C(=O)N2[C@@H](C(=O)NC(C)C)COC23CCN(C(=O)Cc2cccs2)CC3)cc1. The van der Waals surface area contributed by atoms with Crippen molar-refractivity contribution in [2.24, 2.45) is 0 Å². The number of amides is 3. The molecule has 2 aliphatic rings. The zero-order valence-corrected chi connectivity index (χ0v) is 20.2. The van der Waals surface area contributed by atoms with Crippen LogP contribution in [0.15, 0.2) is 41.8 Å². The number of hydrogen-bond acceptors (Lipinski definition) is 5. The summed E-state index contributed by atoms with van der Waals surface area (Å²) in [7, 11) is 0. The van der Waals surface area contributed by atoms with Crippen molar-refractivity contribution in [2.45, 2.75) is 57.8 Å². The Balaban J connectivity index is 1.54. The van der Waals surface area contributed by atoms with Gasteiger partial charge in [0, 0.05) is 42.4 Å². The summed E-state index contributed by atoms with van der Waals surface area (Å²) < 4.78 is 6.22. The van der Waals surface area contributed by atoms with Gasteiger partial charge < -0.3 is 15.0 Å². The Morgan fingerprint density at radius 2 is 1.85 bits per heavy atom. The molecule has 1 spiro atoms. The Labute approximate surface area is 198 Å². The predicted octanol–water partition coefficient (Wildman–Crippen LogP) is 2.98. The van der Waals surface area contributed by atoms with Crippen molar-refractivity contribution in [2.75, 3.05) is 19.7 Å². The molecule has 8 heteroatoms. The number of aryl methyl sites for hydroxylation is 1. The van der Waals surface area contributed by atoms with Crippen molar-refractivity contribution < 1.29 is 19.1 Å². The maximum atomic E-state index is 13.6. The monoisotopic (exact) mass is 469 g/mol. The lowest BCUT2D eigenvalue weighted by Crippen LogP contribution is -2.60. The van der Waals surface area contributed by atoms with Crippen molar-refractivity contribution in [1.29, 1.82) is 0 Å². The lowest BCUT2D eigenvalue weighted by molar-refractivity contribution is -0.143. The molecule has 2 fully saturated rings. The fourth-order valence-electron chi connectivity index (χ4n) is 4.56. The van der Waals surface area contributed by atoms with Crippen LogP contribution in [0.5, 0.6) is 0 Å². The average Bonchev–Trinajstić information content (AvgIpc) is 3.42. The Morgan fingerprint density at radius 1 is 1.15 bits per heavy atom. The number of rotatable bonds is 5. The normalized spacial score (nSPS) is 19.8. The highest BCUT2D eigenvalue weighted by atomic mass is 32.1. The molecule has 2 saturated heterocycles. The summed E-state index contributed by atoms with van der Waals surface area (Å²) in [5.74, 6) is -0.343. The van der Waals surface area contributed by atoms with Crippen molar-refractivity contribution in [1.82, 2.24) is 15.1 Å². The Hall–Kier alpha value is -2.71. The highest BCUT2D eigenvalue weighted by molar-refractivity contribution is 7.10. The average molecular weight is 470 g/mol. The standard InChI is InChI=1S/C25H31N3O4S/c1-17(2)26-23(30)21-16-32-25(28(21)24(31)19-8-6-18(3)7-9-19)10-12-27(13-11-25)22(29)15-20-5-4-14-33-20/h4-9,14,17,21H,10-13,15-16H2,1-3H3,(H,26,30)/t21-/m1/s1. The van der Waals surface area contributed by atoms with Gasteiger partial charge in [0.1, 0.15) is 11.8 Å². The van der Waals surface area contributed by atoms with Crippen molar-refractivity contribution in [3.8, 4) is 0 Å². The number of carbonyl (C=O) groups is 3. The molecule has 0 aliphatic carbocycles. The molecule has 0 unspecified atom stereocenters. The van der Waals surface area contributed by atoms with E-state index in [2.05, 4.69) is 5.32 Å². The molecular formula is C25H31N3O4S. The third kappa shape index (κ3) is 4.96. The first-order valence-corrected chi connectivity index (χ1v) is 12.3. The van der Waals surface area contributed by atoms with E-state index >= 15 is 0 Å². The fourth-order valence-corrected chi connectivity index (χ4v) is 5.26. The van der Waals surface area contributed by atoms with Crippen LogP contribution in [-0.2, 0) is 20.7 Å². The van der Waals surface area contributed by atoms with Gasteiger partial charge in [-0.2, -0.15) is 0 Å². The second-order valence-corrected chi connectivity index (χ2v) is 10.1. The summed E-state index contributed by atoms with van der Waals surface area (Å²) in [6.07, 6.45) is 1.34. The van der Waals surface area contributed by atoms with Crippen molar-refractivity contribution in [3.05, 3.63) is 57.8 Å². The number of piperidine rings is 1. The minimum Gasteiger partial charge on any atom is -0.353 e. The quantitative estimate of drug-likeness (QED) is 0.730. The molecule has 0 saturated carbocycles. The zero-order valence-electron chi connectivity index (χ0n) is 19.4. The molecule has 3 heterocycles. The minimum atomic E-state index is -0.888. The molecule has 0 bridgehead atoms. The molecule has 3 amide bonds. The van der Waals surface area contributed by atoms with Crippen LogP contribution >= 0.6 is 11.3 Å². The van der Waals surface area contributed by atoms with Gasteiger partial charge in [0.25, 0.3) is 5.91 Å². The van der Waals surface area contributed by atoms with Crippen molar-refractivity contribution >= 4 is 29.1 Å². The van der Waals surface area contributed by atoms with Crippen LogP contribution in [0.25, 0.3) is 0 Å². The van der Waals surface area contributed by atoms with Gasteiger partial charge in [-0.05, 0) is 44.4 Å².